The summed E-state index contributed by atoms with van der Waals surface area (Å²) in [6.45, 7) is 8.36. The molecular formula is C30H36FN3O5S. The van der Waals surface area contributed by atoms with E-state index in [2.05, 4.69) is 5.32 Å². The molecule has 214 valence electrons. The lowest BCUT2D eigenvalue weighted by molar-refractivity contribution is -0.140. The minimum absolute atomic E-state index is 0.0181. The van der Waals surface area contributed by atoms with Gasteiger partial charge in [-0.2, -0.15) is 0 Å². The third-order valence-electron chi connectivity index (χ3n) is 6.18. The number of amides is 2. The Labute approximate surface area is 235 Å². The van der Waals surface area contributed by atoms with Crippen LogP contribution in [0.5, 0.6) is 5.75 Å². The van der Waals surface area contributed by atoms with Gasteiger partial charge in [0.1, 0.15) is 24.2 Å². The molecule has 3 rings (SSSR count). The number of nitrogens with one attached hydrogen (secondary N) is 1. The van der Waals surface area contributed by atoms with Gasteiger partial charge >= 0.3 is 0 Å². The summed E-state index contributed by atoms with van der Waals surface area (Å²) in [4.78, 5) is 28.4. The summed E-state index contributed by atoms with van der Waals surface area (Å²) in [5.74, 6) is -0.903. The lowest BCUT2D eigenvalue weighted by atomic mass is 10.1. The fourth-order valence-corrected chi connectivity index (χ4v) is 5.37. The topological polar surface area (TPSA) is 96.0 Å². The summed E-state index contributed by atoms with van der Waals surface area (Å²) >= 11 is 0. The minimum atomic E-state index is -4.22. The Morgan fingerprint density at radius 1 is 0.950 bits per heavy atom. The van der Waals surface area contributed by atoms with Gasteiger partial charge in [0.15, 0.2) is 0 Å². The first-order valence-electron chi connectivity index (χ1n) is 12.8. The van der Waals surface area contributed by atoms with E-state index in [1.54, 1.807) is 50.4 Å². The third-order valence-corrected chi connectivity index (χ3v) is 7.97. The molecule has 0 spiro atoms. The van der Waals surface area contributed by atoms with Gasteiger partial charge in [0, 0.05) is 12.1 Å². The fraction of sp³-hybridized carbons (Fsp3) is 0.333. The number of rotatable bonds is 10. The average Bonchev–Trinajstić information content (AvgIpc) is 2.90. The molecule has 0 radical (unpaired) electrons. The second kappa shape index (κ2) is 12.5. The third kappa shape index (κ3) is 7.81. The van der Waals surface area contributed by atoms with E-state index < -0.39 is 39.9 Å². The predicted octanol–water partition coefficient (Wildman–Crippen LogP) is 4.67. The van der Waals surface area contributed by atoms with Crippen LogP contribution in [0.15, 0.2) is 77.7 Å². The van der Waals surface area contributed by atoms with Crippen LogP contribution in [0, 0.1) is 12.7 Å². The van der Waals surface area contributed by atoms with Gasteiger partial charge in [-0.05, 0) is 88.7 Å². The molecule has 0 aliphatic rings. The van der Waals surface area contributed by atoms with Crippen molar-refractivity contribution in [2.75, 3.05) is 18.0 Å². The summed E-state index contributed by atoms with van der Waals surface area (Å²) in [5.41, 5.74) is 1.16. The molecule has 1 N–H and O–H groups in total. The number of sulfonamides is 1. The van der Waals surface area contributed by atoms with Crippen molar-refractivity contribution < 1.29 is 27.1 Å². The van der Waals surface area contributed by atoms with Gasteiger partial charge in [0.25, 0.3) is 10.0 Å². The first-order chi connectivity index (χ1) is 18.7. The van der Waals surface area contributed by atoms with Crippen LogP contribution >= 0.6 is 0 Å². The van der Waals surface area contributed by atoms with Crippen LogP contribution in [-0.4, -0.2) is 50.4 Å². The van der Waals surface area contributed by atoms with Crippen LogP contribution in [0.25, 0.3) is 0 Å². The summed E-state index contributed by atoms with van der Waals surface area (Å²) in [6, 6.07) is 17.2. The maximum Gasteiger partial charge on any atom is 0.264 e. The lowest BCUT2D eigenvalue weighted by Crippen LogP contribution is -2.54. The predicted molar refractivity (Wildman–Crippen MR) is 153 cm³/mol. The zero-order valence-corrected chi connectivity index (χ0v) is 24.5. The van der Waals surface area contributed by atoms with Crippen LogP contribution in [0.1, 0.15) is 38.8 Å². The highest BCUT2D eigenvalue weighted by molar-refractivity contribution is 7.92. The van der Waals surface area contributed by atoms with Gasteiger partial charge in [0.2, 0.25) is 11.8 Å². The van der Waals surface area contributed by atoms with E-state index in [0.717, 1.165) is 27.6 Å². The van der Waals surface area contributed by atoms with Crippen molar-refractivity contribution in [2.24, 2.45) is 0 Å². The van der Waals surface area contributed by atoms with Crippen molar-refractivity contribution in [3.05, 3.63) is 89.7 Å². The van der Waals surface area contributed by atoms with Gasteiger partial charge in [-0.25, -0.2) is 12.8 Å². The summed E-state index contributed by atoms with van der Waals surface area (Å²) in [6.07, 6.45) is 0. The molecule has 0 bridgehead atoms. The molecule has 3 aromatic carbocycles. The number of nitrogens with zero attached hydrogens (tertiary/aromatic N) is 2. The van der Waals surface area contributed by atoms with Crippen molar-refractivity contribution in [3.8, 4) is 5.75 Å². The molecule has 0 heterocycles. The zero-order chi connectivity index (χ0) is 29.7. The summed E-state index contributed by atoms with van der Waals surface area (Å²) in [5, 5.41) is 2.88. The van der Waals surface area contributed by atoms with E-state index in [0.29, 0.717) is 5.75 Å². The highest BCUT2D eigenvalue weighted by Gasteiger charge is 2.33. The molecule has 1 atom stereocenters. The maximum atomic E-state index is 13.9. The molecule has 0 aliphatic heterocycles. The second-order valence-corrected chi connectivity index (χ2v) is 12.4. The molecule has 0 aliphatic carbocycles. The molecule has 3 aromatic rings. The molecule has 0 saturated carbocycles. The SMILES string of the molecule is COc1ccc(CN(C(=O)CN(c2ccc(F)cc2)S(=O)(=O)c2ccc(C)cc2)[C@@H](C)C(=O)NC(C)(C)C)cc1. The smallest absolute Gasteiger partial charge is 0.264 e. The zero-order valence-electron chi connectivity index (χ0n) is 23.6. The molecule has 0 fully saturated rings. The normalized spacial score (nSPS) is 12.4. The number of methoxy groups -OCH3 is 1. The van der Waals surface area contributed by atoms with Crippen LogP contribution in [0.4, 0.5) is 10.1 Å². The van der Waals surface area contributed by atoms with Crippen molar-refractivity contribution >= 4 is 27.5 Å². The Kier molecular flexibility index (Phi) is 9.57. The number of benzene rings is 3. The maximum absolute atomic E-state index is 13.9. The number of anilines is 1. The number of halogens is 1. The standard InChI is InChI=1S/C30H36FN3O5S/c1-21-7-17-27(18-8-21)40(37,38)34(25-13-11-24(31)12-14-25)20-28(35)33(22(2)29(36)32-30(3,4)5)19-23-9-15-26(39-6)16-10-23/h7-18,22H,19-20H2,1-6H3,(H,32,36)/t22-/m0/s1. The first-order valence-corrected chi connectivity index (χ1v) is 14.2. The van der Waals surface area contributed by atoms with Crippen LogP contribution in [-0.2, 0) is 26.2 Å². The number of hydrogen-bond donors (Lipinski definition) is 1. The Morgan fingerprint density at radius 3 is 2.05 bits per heavy atom. The molecule has 40 heavy (non-hydrogen) atoms. The largest absolute Gasteiger partial charge is 0.497 e. The monoisotopic (exact) mass is 569 g/mol. The molecule has 10 heteroatoms. The molecule has 0 aromatic heterocycles. The molecule has 0 saturated heterocycles. The molecular weight excluding hydrogens is 533 g/mol. The fourth-order valence-electron chi connectivity index (χ4n) is 3.96. The van der Waals surface area contributed by atoms with Crippen LogP contribution < -0.4 is 14.4 Å². The minimum Gasteiger partial charge on any atom is -0.497 e. The van der Waals surface area contributed by atoms with Crippen LogP contribution in [0.2, 0.25) is 0 Å². The first kappa shape index (κ1) is 30.6. The summed E-state index contributed by atoms with van der Waals surface area (Å²) in [7, 11) is -2.68. The van der Waals surface area contributed by atoms with Crippen molar-refractivity contribution in [1.29, 1.82) is 0 Å². The Balaban J connectivity index is 2.02. The van der Waals surface area contributed by atoms with Gasteiger partial charge < -0.3 is 15.0 Å². The Bertz CT molecular complexity index is 1420. The lowest BCUT2D eigenvalue weighted by Gasteiger charge is -2.33. The van der Waals surface area contributed by atoms with Crippen LogP contribution in [0.3, 0.4) is 0 Å². The van der Waals surface area contributed by atoms with Gasteiger partial charge in [-0.1, -0.05) is 29.8 Å². The van der Waals surface area contributed by atoms with Gasteiger partial charge in [-0.15, -0.1) is 0 Å². The number of hydrogen-bond acceptors (Lipinski definition) is 5. The average molecular weight is 570 g/mol. The number of carbonyl (C=O) groups excluding carboxylic acids is 2. The number of aryl methyl sites for hydroxylation is 1. The van der Waals surface area contributed by atoms with E-state index in [1.807, 2.05) is 27.7 Å². The quantitative estimate of drug-likeness (QED) is 0.383. The van der Waals surface area contributed by atoms with Gasteiger partial charge in [-0.3, -0.25) is 13.9 Å². The highest BCUT2D eigenvalue weighted by Crippen LogP contribution is 2.25. The molecule has 8 nitrogen and oxygen atoms in total. The Morgan fingerprint density at radius 2 is 1.52 bits per heavy atom. The second-order valence-electron chi connectivity index (χ2n) is 10.6. The molecule has 0 unspecified atom stereocenters. The van der Waals surface area contributed by atoms with Crippen molar-refractivity contribution in [3.63, 3.8) is 0 Å². The summed E-state index contributed by atoms with van der Waals surface area (Å²) < 4.78 is 47.4. The molecule has 2 amide bonds. The van der Waals surface area contributed by atoms with Crippen molar-refractivity contribution in [1.82, 2.24) is 10.2 Å². The number of ether oxygens (including phenoxy) is 1. The van der Waals surface area contributed by atoms with E-state index in [-0.39, 0.29) is 23.0 Å². The van der Waals surface area contributed by atoms with Gasteiger partial charge in [0.05, 0.1) is 17.7 Å². The number of carbonyl (C=O) groups is 2. The van der Waals surface area contributed by atoms with E-state index in [9.17, 15) is 22.4 Å². The Hall–Kier alpha value is -3.92. The van der Waals surface area contributed by atoms with Crippen molar-refractivity contribution in [2.45, 2.75) is 57.6 Å². The highest BCUT2D eigenvalue weighted by atomic mass is 32.2. The van der Waals surface area contributed by atoms with E-state index >= 15 is 0 Å². The van der Waals surface area contributed by atoms with E-state index in [1.165, 1.54) is 29.2 Å². The van der Waals surface area contributed by atoms with E-state index in [4.69, 9.17) is 4.74 Å².